The molecule has 4 nitrogen and oxygen atoms in total. The van der Waals surface area contributed by atoms with Gasteiger partial charge in [-0.1, -0.05) is 24.3 Å². The molecule has 1 aromatic carbocycles. The number of nitrogens with zero attached hydrogens (tertiary/aromatic N) is 3. The third kappa shape index (κ3) is 3.11. The maximum absolute atomic E-state index is 4.43. The fourth-order valence-corrected chi connectivity index (χ4v) is 2.70. The first-order valence-corrected chi connectivity index (χ1v) is 7.54. The molecule has 0 aliphatic rings. The van der Waals surface area contributed by atoms with Gasteiger partial charge in [-0.05, 0) is 30.7 Å². The SMILES string of the molecule is Cc1ccc2nc(NCCSc3ccccc3)nn2c1. The normalized spacial score (nSPS) is 10.8. The van der Waals surface area contributed by atoms with Gasteiger partial charge < -0.3 is 5.32 Å². The Morgan fingerprint density at radius 1 is 1.15 bits per heavy atom. The van der Waals surface area contributed by atoms with Crippen molar-refractivity contribution in [3.05, 3.63) is 54.2 Å². The van der Waals surface area contributed by atoms with Gasteiger partial charge in [-0.25, -0.2) is 4.52 Å². The van der Waals surface area contributed by atoms with E-state index in [1.807, 2.05) is 47.6 Å². The van der Waals surface area contributed by atoms with Gasteiger partial charge in [-0.2, -0.15) is 4.98 Å². The molecule has 0 saturated heterocycles. The average molecular weight is 284 g/mol. The van der Waals surface area contributed by atoms with Crippen LogP contribution in [0.1, 0.15) is 5.56 Å². The van der Waals surface area contributed by atoms with Gasteiger partial charge in [-0.3, -0.25) is 0 Å². The number of hydrogen-bond acceptors (Lipinski definition) is 4. The molecular weight excluding hydrogens is 268 g/mol. The van der Waals surface area contributed by atoms with Crippen molar-refractivity contribution in [3.63, 3.8) is 0 Å². The largest absolute Gasteiger partial charge is 0.352 e. The van der Waals surface area contributed by atoms with Gasteiger partial charge >= 0.3 is 0 Å². The Bertz CT molecular complexity index is 693. The van der Waals surface area contributed by atoms with Crippen LogP contribution in [0.4, 0.5) is 5.95 Å². The van der Waals surface area contributed by atoms with Crippen LogP contribution in [0.15, 0.2) is 53.6 Å². The molecule has 0 aliphatic heterocycles. The van der Waals surface area contributed by atoms with Crippen molar-refractivity contribution in [2.45, 2.75) is 11.8 Å². The van der Waals surface area contributed by atoms with Crippen LogP contribution in [0.2, 0.25) is 0 Å². The van der Waals surface area contributed by atoms with Crippen molar-refractivity contribution in [2.24, 2.45) is 0 Å². The summed E-state index contributed by atoms with van der Waals surface area (Å²) in [6.45, 7) is 2.89. The summed E-state index contributed by atoms with van der Waals surface area (Å²) in [4.78, 5) is 5.71. The predicted molar refractivity (Wildman–Crippen MR) is 83.4 cm³/mol. The lowest BCUT2D eigenvalue weighted by Gasteiger charge is -2.01. The van der Waals surface area contributed by atoms with E-state index in [-0.39, 0.29) is 0 Å². The number of aryl methyl sites for hydroxylation is 1. The van der Waals surface area contributed by atoms with Crippen LogP contribution >= 0.6 is 11.8 Å². The molecule has 0 spiro atoms. The highest BCUT2D eigenvalue weighted by Crippen LogP contribution is 2.16. The zero-order valence-corrected chi connectivity index (χ0v) is 12.1. The molecule has 0 saturated carbocycles. The van der Waals surface area contributed by atoms with E-state index in [9.17, 15) is 0 Å². The summed E-state index contributed by atoms with van der Waals surface area (Å²) in [6, 6.07) is 14.4. The number of pyridine rings is 1. The van der Waals surface area contributed by atoms with Crippen molar-refractivity contribution < 1.29 is 0 Å². The second-order valence-corrected chi connectivity index (χ2v) is 5.70. The van der Waals surface area contributed by atoms with E-state index >= 15 is 0 Å². The minimum Gasteiger partial charge on any atom is -0.352 e. The van der Waals surface area contributed by atoms with Gasteiger partial charge in [-0.15, -0.1) is 16.9 Å². The van der Waals surface area contributed by atoms with E-state index in [0.29, 0.717) is 5.95 Å². The highest BCUT2D eigenvalue weighted by Gasteiger charge is 2.02. The lowest BCUT2D eigenvalue weighted by atomic mass is 10.3. The molecular formula is C15H16N4S. The number of anilines is 1. The Labute approximate surface area is 122 Å². The number of rotatable bonds is 5. The summed E-state index contributed by atoms with van der Waals surface area (Å²) in [5.74, 6) is 1.67. The number of aromatic nitrogens is 3. The fourth-order valence-electron chi connectivity index (χ4n) is 1.91. The quantitative estimate of drug-likeness (QED) is 0.577. The molecule has 0 radical (unpaired) electrons. The van der Waals surface area contributed by atoms with Crippen LogP contribution in [0, 0.1) is 6.92 Å². The molecule has 1 N–H and O–H groups in total. The Morgan fingerprint density at radius 2 is 2.00 bits per heavy atom. The van der Waals surface area contributed by atoms with Gasteiger partial charge in [0.25, 0.3) is 0 Å². The first kappa shape index (κ1) is 13.0. The highest BCUT2D eigenvalue weighted by atomic mass is 32.2. The van der Waals surface area contributed by atoms with Gasteiger partial charge in [0.15, 0.2) is 5.65 Å². The lowest BCUT2D eigenvalue weighted by Crippen LogP contribution is -2.05. The van der Waals surface area contributed by atoms with Crippen LogP contribution in [0.25, 0.3) is 5.65 Å². The second kappa shape index (κ2) is 5.96. The van der Waals surface area contributed by atoms with Crippen molar-refractivity contribution in [1.82, 2.24) is 14.6 Å². The van der Waals surface area contributed by atoms with E-state index in [0.717, 1.165) is 17.9 Å². The summed E-state index contributed by atoms with van der Waals surface area (Å²) in [7, 11) is 0. The van der Waals surface area contributed by atoms with Crippen molar-refractivity contribution in [2.75, 3.05) is 17.6 Å². The number of hydrogen-bond donors (Lipinski definition) is 1. The maximum Gasteiger partial charge on any atom is 0.243 e. The van der Waals surface area contributed by atoms with E-state index < -0.39 is 0 Å². The van der Waals surface area contributed by atoms with Gasteiger partial charge in [0.2, 0.25) is 5.95 Å². The average Bonchev–Trinajstić information content (AvgIpc) is 2.86. The molecule has 0 aliphatic carbocycles. The summed E-state index contributed by atoms with van der Waals surface area (Å²) in [5, 5.41) is 7.66. The van der Waals surface area contributed by atoms with Crippen molar-refractivity contribution >= 4 is 23.4 Å². The Morgan fingerprint density at radius 3 is 2.85 bits per heavy atom. The molecule has 3 rings (SSSR count). The van der Waals surface area contributed by atoms with Gasteiger partial charge in [0, 0.05) is 23.4 Å². The maximum atomic E-state index is 4.43. The van der Waals surface area contributed by atoms with Crippen molar-refractivity contribution in [1.29, 1.82) is 0 Å². The summed E-state index contributed by atoms with van der Waals surface area (Å²) in [5.41, 5.74) is 2.04. The van der Waals surface area contributed by atoms with Crippen LogP contribution in [0.5, 0.6) is 0 Å². The highest BCUT2D eigenvalue weighted by molar-refractivity contribution is 7.99. The number of benzene rings is 1. The first-order valence-electron chi connectivity index (χ1n) is 6.56. The Kier molecular flexibility index (Phi) is 3.87. The molecule has 0 bridgehead atoms. The first-order chi connectivity index (χ1) is 9.81. The third-order valence-corrected chi connectivity index (χ3v) is 3.89. The topological polar surface area (TPSA) is 42.2 Å². The smallest absolute Gasteiger partial charge is 0.243 e. The van der Waals surface area contributed by atoms with Crippen LogP contribution < -0.4 is 5.32 Å². The molecule has 20 heavy (non-hydrogen) atoms. The van der Waals surface area contributed by atoms with Gasteiger partial charge in [0.05, 0.1) is 0 Å². The van der Waals surface area contributed by atoms with E-state index in [4.69, 9.17) is 0 Å². The van der Waals surface area contributed by atoms with Crippen LogP contribution in [0.3, 0.4) is 0 Å². The minimum absolute atomic E-state index is 0.685. The minimum atomic E-state index is 0.685. The monoisotopic (exact) mass is 284 g/mol. The Hall–Kier alpha value is -2.01. The zero-order chi connectivity index (χ0) is 13.8. The van der Waals surface area contributed by atoms with Gasteiger partial charge in [0.1, 0.15) is 0 Å². The molecule has 2 aromatic heterocycles. The molecule has 5 heteroatoms. The molecule has 102 valence electrons. The molecule has 0 atom stereocenters. The predicted octanol–water partition coefficient (Wildman–Crippen LogP) is 3.24. The Balaban J connectivity index is 1.55. The van der Waals surface area contributed by atoms with Crippen molar-refractivity contribution in [3.8, 4) is 0 Å². The summed E-state index contributed by atoms with van der Waals surface area (Å²) in [6.07, 6.45) is 1.98. The fraction of sp³-hybridized carbons (Fsp3) is 0.200. The van der Waals surface area contributed by atoms with Crippen LogP contribution in [-0.4, -0.2) is 26.9 Å². The van der Waals surface area contributed by atoms with Crippen LogP contribution in [-0.2, 0) is 0 Å². The van der Waals surface area contributed by atoms with E-state index in [2.05, 4.69) is 39.7 Å². The number of fused-ring (bicyclic) bond motifs is 1. The third-order valence-electron chi connectivity index (χ3n) is 2.88. The molecule has 2 heterocycles. The molecule has 3 aromatic rings. The van der Waals surface area contributed by atoms with E-state index in [1.54, 1.807) is 0 Å². The lowest BCUT2D eigenvalue weighted by molar-refractivity contribution is 0.947. The molecule has 0 unspecified atom stereocenters. The summed E-state index contributed by atoms with van der Waals surface area (Å²) < 4.78 is 1.81. The standard InChI is InChI=1S/C15H16N4S/c1-12-7-8-14-17-15(18-19(14)11-12)16-9-10-20-13-5-3-2-4-6-13/h2-8,11H,9-10H2,1H3,(H,16,18). The number of thioether (sulfide) groups is 1. The van der Waals surface area contributed by atoms with E-state index in [1.165, 1.54) is 10.5 Å². The number of nitrogens with one attached hydrogen (secondary N) is 1. The zero-order valence-electron chi connectivity index (χ0n) is 11.3. The molecule has 0 fully saturated rings. The second-order valence-electron chi connectivity index (χ2n) is 4.53. The molecule has 0 amide bonds. The summed E-state index contributed by atoms with van der Waals surface area (Å²) >= 11 is 1.82.